The van der Waals surface area contributed by atoms with Crippen LogP contribution in [0.5, 0.6) is 0 Å². The van der Waals surface area contributed by atoms with Gasteiger partial charge in [0.1, 0.15) is 5.00 Å². The number of anilines is 1. The van der Waals surface area contributed by atoms with E-state index in [1.54, 1.807) is 23.3 Å². The number of carbonyl (C=O) groups excluding carboxylic acids is 1. The Labute approximate surface area is 93.3 Å². The molecule has 0 saturated heterocycles. The summed E-state index contributed by atoms with van der Waals surface area (Å²) >= 11 is 1.56. The third-order valence-electron chi connectivity index (χ3n) is 3.05. The standard InChI is InChI=1S/C11H15NO2S/c1-8-3-6-15-9(8)12(2)10(14)11(7-13)4-5-11/h3,6,13H,4-5,7H2,1-2H3. The molecule has 0 spiro atoms. The Morgan fingerprint density at radius 1 is 1.67 bits per heavy atom. The topological polar surface area (TPSA) is 40.5 Å². The Kier molecular flexibility index (Phi) is 2.56. The van der Waals surface area contributed by atoms with Gasteiger partial charge in [-0.1, -0.05) is 0 Å². The van der Waals surface area contributed by atoms with Gasteiger partial charge >= 0.3 is 0 Å². The fourth-order valence-corrected chi connectivity index (χ4v) is 2.64. The molecule has 1 N–H and O–H groups in total. The van der Waals surface area contributed by atoms with Crippen molar-refractivity contribution >= 4 is 22.2 Å². The average molecular weight is 225 g/mol. The fourth-order valence-electron chi connectivity index (χ4n) is 1.75. The van der Waals surface area contributed by atoms with Crippen molar-refractivity contribution in [2.24, 2.45) is 5.41 Å². The normalized spacial score (nSPS) is 17.5. The Morgan fingerprint density at radius 2 is 2.33 bits per heavy atom. The molecule has 3 nitrogen and oxygen atoms in total. The van der Waals surface area contributed by atoms with Crippen molar-refractivity contribution < 1.29 is 9.90 Å². The molecule has 2 rings (SSSR count). The second kappa shape index (κ2) is 3.61. The highest BCUT2D eigenvalue weighted by atomic mass is 32.1. The molecule has 1 fully saturated rings. The van der Waals surface area contributed by atoms with E-state index in [0.717, 1.165) is 23.4 Å². The van der Waals surface area contributed by atoms with Crippen molar-refractivity contribution in [2.45, 2.75) is 19.8 Å². The molecule has 1 aliphatic carbocycles. The van der Waals surface area contributed by atoms with Crippen LogP contribution in [-0.4, -0.2) is 24.7 Å². The van der Waals surface area contributed by atoms with E-state index in [0.29, 0.717) is 0 Å². The first-order valence-corrected chi connectivity index (χ1v) is 5.92. The van der Waals surface area contributed by atoms with E-state index >= 15 is 0 Å². The number of hydrogen-bond acceptors (Lipinski definition) is 3. The summed E-state index contributed by atoms with van der Waals surface area (Å²) in [5.74, 6) is 0.0514. The molecular weight excluding hydrogens is 210 g/mol. The van der Waals surface area contributed by atoms with E-state index in [9.17, 15) is 9.90 Å². The van der Waals surface area contributed by atoms with E-state index in [1.807, 2.05) is 18.4 Å². The van der Waals surface area contributed by atoms with Crippen LogP contribution in [0.1, 0.15) is 18.4 Å². The number of aliphatic hydroxyl groups excluding tert-OH is 1. The van der Waals surface area contributed by atoms with Crippen molar-refractivity contribution in [3.8, 4) is 0 Å². The molecule has 82 valence electrons. The van der Waals surface area contributed by atoms with Gasteiger partial charge in [-0.3, -0.25) is 4.79 Å². The van der Waals surface area contributed by atoms with Crippen LogP contribution in [-0.2, 0) is 4.79 Å². The lowest BCUT2D eigenvalue weighted by molar-refractivity contribution is -0.124. The number of hydrogen-bond donors (Lipinski definition) is 1. The molecule has 15 heavy (non-hydrogen) atoms. The molecular formula is C11H15NO2S. The fraction of sp³-hybridized carbons (Fsp3) is 0.545. The van der Waals surface area contributed by atoms with Crippen LogP contribution in [0.15, 0.2) is 11.4 Å². The highest BCUT2D eigenvalue weighted by molar-refractivity contribution is 7.14. The minimum Gasteiger partial charge on any atom is -0.395 e. The minimum absolute atomic E-state index is 0.0272. The summed E-state index contributed by atoms with van der Waals surface area (Å²) in [6.07, 6.45) is 1.63. The van der Waals surface area contributed by atoms with Crippen molar-refractivity contribution in [2.75, 3.05) is 18.6 Å². The lowest BCUT2D eigenvalue weighted by atomic mass is 10.1. The molecule has 0 unspecified atom stereocenters. The summed E-state index contributed by atoms with van der Waals surface area (Å²) in [4.78, 5) is 13.8. The van der Waals surface area contributed by atoms with Gasteiger partial charge in [0.25, 0.3) is 0 Å². The molecule has 4 heteroatoms. The van der Waals surface area contributed by atoms with Gasteiger partial charge in [-0.2, -0.15) is 0 Å². The lowest BCUT2D eigenvalue weighted by Crippen LogP contribution is -2.35. The molecule has 1 aromatic heterocycles. The number of thiophene rings is 1. The number of rotatable bonds is 3. The zero-order valence-corrected chi connectivity index (χ0v) is 9.80. The van der Waals surface area contributed by atoms with Crippen molar-refractivity contribution in [1.82, 2.24) is 0 Å². The molecule has 1 amide bonds. The first kappa shape index (κ1) is 10.6. The lowest BCUT2D eigenvalue weighted by Gasteiger charge is -2.21. The zero-order valence-electron chi connectivity index (χ0n) is 8.99. The van der Waals surface area contributed by atoms with E-state index in [2.05, 4.69) is 0 Å². The quantitative estimate of drug-likeness (QED) is 0.852. The highest BCUT2D eigenvalue weighted by Gasteiger charge is 2.51. The second-order valence-corrected chi connectivity index (χ2v) is 5.11. The third kappa shape index (κ3) is 1.68. The maximum absolute atomic E-state index is 12.1. The maximum Gasteiger partial charge on any atom is 0.235 e. The first-order chi connectivity index (χ1) is 7.10. The Hall–Kier alpha value is -0.870. The SMILES string of the molecule is Cc1ccsc1N(C)C(=O)C1(CO)CC1. The smallest absolute Gasteiger partial charge is 0.235 e. The van der Waals surface area contributed by atoms with Gasteiger partial charge in [0.05, 0.1) is 12.0 Å². The van der Waals surface area contributed by atoms with Gasteiger partial charge in [-0.05, 0) is 36.8 Å². The molecule has 0 bridgehead atoms. The predicted molar refractivity (Wildman–Crippen MR) is 61.2 cm³/mol. The number of aliphatic hydroxyl groups is 1. The van der Waals surface area contributed by atoms with Gasteiger partial charge in [-0.15, -0.1) is 11.3 Å². The van der Waals surface area contributed by atoms with Crippen LogP contribution in [0.25, 0.3) is 0 Å². The maximum atomic E-state index is 12.1. The molecule has 1 heterocycles. The Morgan fingerprint density at radius 3 is 2.73 bits per heavy atom. The largest absolute Gasteiger partial charge is 0.395 e. The van der Waals surface area contributed by atoms with Crippen LogP contribution >= 0.6 is 11.3 Å². The summed E-state index contributed by atoms with van der Waals surface area (Å²) in [6, 6.07) is 2.00. The number of amides is 1. The monoisotopic (exact) mass is 225 g/mol. The van der Waals surface area contributed by atoms with Crippen LogP contribution < -0.4 is 4.90 Å². The van der Waals surface area contributed by atoms with Crippen molar-refractivity contribution in [3.05, 3.63) is 17.0 Å². The molecule has 1 aromatic rings. The van der Waals surface area contributed by atoms with Crippen molar-refractivity contribution in [1.29, 1.82) is 0 Å². The number of aryl methyl sites for hydroxylation is 1. The van der Waals surface area contributed by atoms with Gasteiger partial charge in [0, 0.05) is 7.05 Å². The van der Waals surface area contributed by atoms with Gasteiger partial charge in [-0.25, -0.2) is 0 Å². The van der Waals surface area contributed by atoms with Gasteiger partial charge < -0.3 is 10.0 Å². The highest BCUT2D eigenvalue weighted by Crippen LogP contribution is 2.47. The number of carbonyl (C=O) groups is 1. The van der Waals surface area contributed by atoms with Gasteiger partial charge in [0.2, 0.25) is 5.91 Å². The molecule has 1 aliphatic rings. The summed E-state index contributed by atoms with van der Waals surface area (Å²) in [5.41, 5.74) is 0.648. The van der Waals surface area contributed by atoms with E-state index < -0.39 is 5.41 Å². The van der Waals surface area contributed by atoms with Crippen LogP contribution in [0.3, 0.4) is 0 Å². The second-order valence-electron chi connectivity index (χ2n) is 4.21. The molecule has 1 saturated carbocycles. The number of nitrogens with zero attached hydrogens (tertiary/aromatic N) is 1. The van der Waals surface area contributed by atoms with Crippen LogP contribution in [0.2, 0.25) is 0 Å². The van der Waals surface area contributed by atoms with E-state index in [-0.39, 0.29) is 12.5 Å². The Bertz CT molecular complexity index is 382. The molecule has 0 aliphatic heterocycles. The summed E-state index contributed by atoms with van der Waals surface area (Å²) < 4.78 is 0. The molecule has 0 radical (unpaired) electrons. The van der Waals surface area contributed by atoms with Crippen LogP contribution in [0, 0.1) is 12.3 Å². The molecule has 0 atom stereocenters. The van der Waals surface area contributed by atoms with E-state index in [1.165, 1.54) is 0 Å². The van der Waals surface area contributed by atoms with Crippen LogP contribution in [0.4, 0.5) is 5.00 Å². The van der Waals surface area contributed by atoms with Crippen molar-refractivity contribution in [3.63, 3.8) is 0 Å². The molecule has 0 aromatic carbocycles. The Balaban J connectivity index is 2.19. The predicted octanol–water partition coefficient (Wildman–Crippen LogP) is 1.79. The average Bonchev–Trinajstić information content (AvgIpc) is 2.93. The van der Waals surface area contributed by atoms with E-state index in [4.69, 9.17) is 0 Å². The summed E-state index contributed by atoms with van der Waals surface area (Å²) in [7, 11) is 1.79. The van der Waals surface area contributed by atoms with Gasteiger partial charge in [0.15, 0.2) is 0 Å². The third-order valence-corrected chi connectivity index (χ3v) is 4.15. The summed E-state index contributed by atoms with van der Waals surface area (Å²) in [6.45, 7) is 1.97. The summed E-state index contributed by atoms with van der Waals surface area (Å²) in [5, 5.41) is 12.2. The first-order valence-electron chi connectivity index (χ1n) is 5.04. The zero-order chi connectivity index (χ0) is 11.1. The minimum atomic E-state index is -0.467.